The highest BCUT2D eigenvalue weighted by molar-refractivity contribution is 5.76. The van der Waals surface area contributed by atoms with E-state index < -0.39 is 11.0 Å². The summed E-state index contributed by atoms with van der Waals surface area (Å²) < 4.78 is 1.32. The number of phenols is 1. The summed E-state index contributed by atoms with van der Waals surface area (Å²) in [7, 11) is 0. The van der Waals surface area contributed by atoms with Crippen molar-refractivity contribution in [2.75, 3.05) is 26.2 Å². The van der Waals surface area contributed by atoms with Gasteiger partial charge >= 0.3 is 0 Å². The van der Waals surface area contributed by atoms with Crippen LogP contribution in [0.2, 0.25) is 0 Å². The summed E-state index contributed by atoms with van der Waals surface area (Å²) in [4.78, 5) is 29.3. The van der Waals surface area contributed by atoms with Crippen molar-refractivity contribution in [1.29, 1.82) is 0 Å². The fraction of sp³-hybridized carbons (Fsp3) is 0.600. The Morgan fingerprint density at radius 3 is 2.67 bits per heavy atom. The number of hydrogen-bond donors (Lipinski definition) is 3. The molecule has 2 saturated heterocycles. The molecule has 0 unspecified atom stereocenters. The van der Waals surface area contributed by atoms with Gasteiger partial charge in [-0.05, 0) is 74.2 Å². The number of hydrogen-bond acceptors (Lipinski definition) is 5. The lowest BCUT2D eigenvalue weighted by atomic mass is 9.52. The highest BCUT2D eigenvalue weighted by atomic mass is 16.3. The van der Waals surface area contributed by atoms with Crippen LogP contribution in [-0.2, 0) is 23.2 Å². The van der Waals surface area contributed by atoms with Crippen molar-refractivity contribution in [2.45, 2.75) is 62.1 Å². The minimum Gasteiger partial charge on any atom is -0.508 e. The molecule has 8 nitrogen and oxygen atoms in total. The van der Waals surface area contributed by atoms with E-state index in [4.69, 9.17) is 0 Å². The van der Waals surface area contributed by atoms with Crippen LogP contribution in [0.1, 0.15) is 43.2 Å². The van der Waals surface area contributed by atoms with E-state index in [1.165, 1.54) is 35.4 Å². The number of nitrogens with one attached hydrogen (secondary N) is 1. The van der Waals surface area contributed by atoms with E-state index in [2.05, 4.69) is 10.00 Å². The zero-order valence-corrected chi connectivity index (χ0v) is 18.9. The van der Waals surface area contributed by atoms with Gasteiger partial charge in [-0.3, -0.25) is 14.5 Å². The highest BCUT2D eigenvalue weighted by Crippen LogP contribution is 2.56. The van der Waals surface area contributed by atoms with Crippen LogP contribution in [0.15, 0.2) is 35.3 Å². The molecule has 6 rings (SSSR count). The number of carbonyl (C=O) groups is 1. The Kier molecular flexibility index (Phi) is 4.75. The molecule has 1 aromatic carbocycles. The standard InChI is InChI=1S/C25H32N4O4/c30-19-4-3-18-13-21-25(33)8-12-27(23(32)16-29-22(31)5-9-26-29)10-6-24(25,20(18)14-19)7-11-28(21)15-17-1-2-17/h3-5,9,14,17,21,26,30,33H,1-2,6-8,10-13,15-16H2/t21-,24+,25-/m1/s1. The van der Waals surface area contributed by atoms with Gasteiger partial charge < -0.3 is 20.2 Å². The SMILES string of the molecule is O=C(Cn1[nH]ccc1=O)N1CC[C@]23CCN(CC4CC4)[C@H](Cc4ccc(O)cc42)[C@]3(O)CC1. The minimum absolute atomic E-state index is 0.0185. The molecular formula is C25H32N4O4. The van der Waals surface area contributed by atoms with Crippen LogP contribution in [0.5, 0.6) is 5.75 Å². The maximum absolute atomic E-state index is 13.1. The van der Waals surface area contributed by atoms with Gasteiger partial charge in [-0.2, -0.15) is 0 Å². The number of aliphatic hydroxyl groups is 1. The summed E-state index contributed by atoms with van der Waals surface area (Å²) in [6.07, 6.45) is 6.83. The van der Waals surface area contributed by atoms with Crippen LogP contribution in [0.25, 0.3) is 0 Å². The Labute approximate surface area is 192 Å². The van der Waals surface area contributed by atoms with Gasteiger partial charge in [0.2, 0.25) is 5.91 Å². The highest BCUT2D eigenvalue weighted by Gasteiger charge is 2.63. The number of aromatic amines is 1. The Morgan fingerprint density at radius 1 is 1.12 bits per heavy atom. The first kappa shape index (κ1) is 21.0. The lowest BCUT2D eigenvalue weighted by Crippen LogP contribution is -2.71. The van der Waals surface area contributed by atoms with Gasteiger partial charge in [0.1, 0.15) is 12.3 Å². The van der Waals surface area contributed by atoms with Crippen LogP contribution in [0, 0.1) is 5.92 Å². The van der Waals surface area contributed by atoms with E-state index in [0.717, 1.165) is 37.4 Å². The third-order valence-corrected chi connectivity index (χ3v) is 8.80. The van der Waals surface area contributed by atoms with Crippen LogP contribution >= 0.6 is 0 Å². The van der Waals surface area contributed by atoms with Crippen molar-refractivity contribution in [1.82, 2.24) is 19.6 Å². The van der Waals surface area contributed by atoms with E-state index >= 15 is 0 Å². The minimum atomic E-state index is -0.959. The number of aromatic nitrogens is 2. The second-order valence-electron chi connectivity index (χ2n) is 10.5. The number of H-pyrrole nitrogens is 1. The van der Waals surface area contributed by atoms with E-state index in [9.17, 15) is 19.8 Å². The van der Waals surface area contributed by atoms with Crippen LogP contribution in [0.4, 0.5) is 0 Å². The molecule has 0 spiro atoms. The lowest BCUT2D eigenvalue weighted by Gasteiger charge is -2.61. The van der Waals surface area contributed by atoms with Gasteiger partial charge in [-0.1, -0.05) is 6.07 Å². The first-order valence-corrected chi connectivity index (χ1v) is 12.2. The molecule has 3 heterocycles. The summed E-state index contributed by atoms with van der Waals surface area (Å²) >= 11 is 0. The normalized spacial score (nSPS) is 31.5. The van der Waals surface area contributed by atoms with Crippen LogP contribution in [0.3, 0.4) is 0 Å². The van der Waals surface area contributed by atoms with Crippen molar-refractivity contribution >= 4 is 5.91 Å². The molecule has 2 aliphatic carbocycles. The fourth-order valence-corrected chi connectivity index (χ4v) is 6.83. The molecule has 1 saturated carbocycles. The predicted octanol–water partition coefficient (Wildman–Crippen LogP) is 1.21. The van der Waals surface area contributed by atoms with E-state index in [0.29, 0.717) is 25.9 Å². The summed E-state index contributed by atoms with van der Waals surface area (Å²) in [5.74, 6) is 0.858. The number of nitrogens with zero attached hydrogens (tertiary/aromatic N) is 3. The first-order valence-electron chi connectivity index (χ1n) is 12.2. The maximum Gasteiger partial charge on any atom is 0.266 e. The third kappa shape index (κ3) is 3.26. The fourth-order valence-electron chi connectivity index (χ4n) is 6.83. The topological polar surface area (TPSA) is 102 Å². The van der Waals surface area contributed by atoms with Gasteiger partial charge in [-0.15, -0.1) is 0 Å². The quantitative estimate of drug-likeness (QED) is 0.647. The molecule has 1 aromatic heterocycles. The number of amides is 1. The van der Waals surface area contributed by atoms with Gasteiger partial charge in [0.15, 0.2) is 0 Å². The Bertz CT molecular complexity index is 1140. The molecule has 8 heteroatoms. The largest absolute Gasteiger partial charge is 0.508 e. The molecule has 4 aliphatic rings. The summed E-state index contributed by atoms with van der Waals surface area (Å²) in [5, 5.41) is 25.6. The second-order valence-corrected chi connectivity index (χ2v) is 10.5. The maximum atomic E-state index is 13.1. The number of fused-ring (bicyclic) bond motifs is 1. The zero-order valence-electron chi connectivity index (χ0n) is 18.9. The zero-order chi connectivity index (χ0) is 22.8. The molecule has 2 aliphatic heterocycles. The van der Waals surface area contributed by atoms with Crippen molar-refractivity contribution < 1.29 is 15.0 Å². The summed E-state index contributed by atoms with van der Waals surface area (Å²) in [5.41, 5.74) is 0.602. The van der Waals surface area contributed by atoms with Gasteiger partial charge in [0, 0.05) is 43.4 Å². The Hall–Kier alpha value is -2.58. The number of piperidine rings is 1. The smallest absolute Gasteiger partial charge is 0.266 e. The van der Waals surface area contributed by atoms with Gasteiger partial charge in [0.25, 0.3) is 5.56 Å². The monoisotopic (exact) mass is 452 g/mol. The van der Waals surface area contributed by atoms with E-state index in [1.807, 2.05) is 12.1 Å². The number of likely N-dealkylation sites (tertiary alicyclic amines) is 2. The van der Waals surface area contributed by atoms with Crippen molar-refractivity contribution in [3.63, 3.8) is 0 Å². The molecule has 0 radical (unpaired) electrons. The third-order valence-electron chi connectivity index (χ3n) is 8.80. The molecular weight excluding hydrogens is 420 g/mol. The predicted molar refractivity (Wildman–Crippen MR) is 122 cm³/mol. The molecule has 2 bridgehead atoms. The average molecular weight is 453 g/mol. The average Bonchev–Trinajstić information content (AvgIpc) is 3.54. The molecule has 3 N–H and O–H groups in total. The van der Waals surface area contributed by atoms with Crippen molar-refractivity contribution in [2.24, 2.45) is 5.92 Å². The van der Waals surface area contributed by atoms with Crippen molar-refractivity contribution in [3.8, 4) is 5.75 Å². The van der Waals surface area contributed by atoms with Crippen molar-refractivity contribution in [3.05, 3.63) is 51.9 Å². The number of carbonyl (C=O) groups excluding carboxylic acids is 1. The van der Waals surface area contributed by atoms with Crippen LogP contribution < -0.4 is 5.56 Å². The molecule has 1 amide bonds. The molecule has 3 atom stereocenters. The second kappa shape index (κ2) is 7.46. The summed E-state index contributed by atoms with van der Waals surface area (Å²) in [6, 6.07) is 7.05. The van der Waals surface area contributed by atoms with E-state index in [-0.39, 0.29) is 29.8 Å². The molecule has 2 aromatic rings. The van der Waals surface area contributed by atoms with Crippen LogP contribution in [-0.4, -0.2) is 73.5 Å². The number of benzene rings is 1. The van der Waals surface area contributed by atoms with Gasteiger partial charge in [0.05, 0.1) is 5.60 Å². The van der Waals surface area contributed by atoms with E-state index in [1.54, 1.807) is 11.0 Å². The summed E-state index contributed by atoms with van der Waals surface area (Å²) in [6.45, 7) is 2.95. The lowest BCUT2D eigenvalue weighted by molar-refractivity contribution is -0.149. The molecule has 33 heavy (non-hydrogen) atoms. The Balaban J connectivity index is 1.35. The number of phenolic OH excluding ortho intramolecular Hbond substituents is 1. The molecule has 176 valence electrons. The Morgan fingerprint density at radius 2 is 1.91 bits per heavy atom. The number of rotatable bonds is 4. The number of aromatic hydroxyl groups is 1. The van der Waals surface area contributed by atoms with Gasteiger partial charge in [-0.25, -0.2) is 4.68 Å². The first-order chi connectivity index (χ1) is 15.9. The molecule has 3 fully saturated rings.